The summed E-state index contributed by atoms with van der Waals surface area (Å²) in [5, 5.41) is 1.89. The van der Waals surface area contributed by atoms with E-state index in [1.807, 2.05) is 42.5 Å². The van der Waals surface area contributed by atoms with Crippen LogP contribution in [0.4, 0.5) is 4.39 Å². The lowest BCUT2D eigenvalue weighted by atomic mass is 10.0. The summed E-state index contributed by atoms with van der Waals surface area (Å²) in [6.07, 6.45) is 0. The van der Waals surface area contributed by atoms with Crippen molar-refractivity contribution in [1.29, 1.82) is 0 Å². The average molecular weight is 364 g/mol. The number of halogens is 2. The quantitative estimate of drug-likeness (QED) is 0.732. The Balaban J connectivity index is 1.88. The Labute approximate surface area is 145 Å². The smallest absolute Gasteiger partial charge is 0.207 e. The lowest BCUT2D eigenvalue weighted by Crippen LogP contribution is -2.26. The van der Waals surface area contributed by atoms with E-state index < -0.39 is 21.9 Å². The van der Waals surface area contributed by atoms with Crippen LogP contribution in [0.2, 0.25) is 5.02 Å². The Bertz CT molecular complexity index is 1000. The Morgan fingerprint density at radius 2 is 1.71 bits per heavy atom. The van der Waals surface area contributed by atoms with E-state index in [1.54, 1.807) is 6.92 Å². The van der Waals surface area contributed by atoms with Crippen molar-refractivity contribution >= 4 is 32.4 Å². The fraction of sp³-hybridized carbons (Fsp3) is 0.111. The molecule has 0 saturated carbocycles. The minimum atomic E-state index is -3.80. The summed E-state index contributed by atoms with van der Waals surface area (Å²) in [7, 11) is -3.80. The van der Waals surface area contributed by atoms with E-state index >= 15 is 0 Å². The van der Waals surface area contributed by atoms with Crippen LogP contribution in [0.25, 0.3) is 10.8 Å². The van der Waals surface area contributed by atoms with Crippen LogP contribution in [0.15, 0.2) is 65.6 Å². The van der Waals surface area contributed by atoms with Crippen LogP contribution in [0, 0.1) is 5.82 Å². The van der Waals surface area contributed by atoms with E-state index in [-0.39, 0.29) is 9.92 Å². The Kier molecular flexibility index (Phi) is 4.58. The van der Waals surface area contributed by atoms with Crippen molar-refractivity contribution in [3.05, 3.63) is 77.1 Å². The Morgan fingerprint density at radius 1 is 1.00 bits per heavy atom. The van der Waals surface area contributed by atoms with Crippen LogP contribution in [-0.4, -0.2) is 8.42 Å². The molecule has 124 valence electrons. The van der Waals surface area contributed by atoms with Crippen LogP contribution in [0.3, 0.4) is 0 Å². The zero-order valence-electron chi connectivity index (χ0n) is 12.8. The van der Waals surface area contributed by atoms with E-state index in [0.717, 1.165) is 28.5 Å². The van der Waals surface area contributed by atoms with Crippen molar-refractivity contribution in [3.63, 3.8) is 0 Å². The molecule has 0 unspecified atom stereocenters. The summed E-state index contributed by atoms with van der Waals surface area (Å²) in [5.41, 5.74) is 0.838. The molecule has 0 aliphatic rings. The highest BCUT2D eigenvalue weighted by molar-refractivity contribution is 7.89. The van der Waals surface area contributed by atoms with Crippen molar-refractivity contribution in [2.75, 3.05) is 0 Å². The minimum absolute atomic E-state index is 0.0680. The van der Waals surface area contributed by atoms with E-state index in [4.69, 9.17) is 11.6 Å². The first kappa shape index (κ1) is 16.9. The fourth-order valence-electron chi connectivity index (χ4n) is 2.49. The molecule has 3 aromatic rings. The molecule has 1 atom stereocenters. The summed E-state index contributed by atoms with van der Waals surface area (Å²) < 4.78 is 40.7. The second-order valence-electron chi connectivity index (χ2n) is 5.53. The van der Waals surface area contributed by atoms with Gasteiger partial charge in [0.2, 0.25) is 10.0 Å². The third-order valence-corrected chi connectivity index (χ3v) is 5.63. The Hall–Kier alpha value is -1.95. The lowest BCUT2D eigenvalue weighted by molar-refractivity contribution is 0.566. The first-order valence-corrected chi connectivity index (χ1v) is 9.19. The monoisotopic (exact) mass is 363 g/mol. The highest BCUT2D eigenvalue weighted by Gasteiger charge is 2.19. The van der Waals surface area contributed by atoms with Crippen molar-refractivity contribution < 1.29 is 12.8 Å². The molecule has 0 aromatic heterocycles. The molecule has 0 fully saturated rings. The second kappa shape index (κ2) is 6.51. The van der Waals surface area contributed by atoms with Gasteiger partial charge in [-0.05, 0) is 47.5 Å². The zero-order chi connectivity index (χ0) is 17.3. The van der Waals surface area contributed by atoms with Crippen molar-refractivity contribution in [2.24, 2.45) is 0 Å². The van der Waals surface area contributed by atoms with Gasteiger partial charge in [0.05, 0.1) is 9.92 Å². The molecule has 3 aromatic carbocycles. The molecule has 0 heterocycles. The molecule has 0 radical (unpaired) electrons. The minimum Gasteiger partial charge on any atom is -0.207 e. The van der Waals surface area contributed by atoms with E-state index in [9.17, 15) is 12.8 Å². The molecule has 6 heteroatoms. The van der Waals surface area contributed by atoms with Gasteiger partial charge < -0.3 is 0 Å². The molecule has 0 saturated heterocycles. The topological polar surface area (TPSA) is 46.2 Å². The zero-order valence-corrected chi connectivity index (χ0v) is 14.4. The van der Waals surface area contributed by atoms with Gasteiger partial charge in [0.25, 0.3) is 0 Å². The summed E-state index contributed by atoms with van der Waals surface area (Å²) in [5.74, 6) is -0.654. The number of rotatable bonds is 4. The van der Waals surface area contributed by atoms with Gasteiger partial charge in [-0.3, -0.25) is 0 Å². The maximum Gasteiger partial charge on any atom is 0.241 e. The van der Waals surface area contributed by atoms with Crippen LogP contribution >= 0.6 is 11.6 Å². The first-order valence-electron chi connectivity index (χ1n) is 7.33. The van der Waals surface area contributed by atoms with Gasteiger partial charge >= 0.3 is 0 Å². The lowest BCUT2D eigenvalue weighted by Gasteiger charge is -2.15. The predicted octanol–water partition coefficient (Wildman–Crippen LogP) is 4.67. The third kappa shape index (κ3) is 3.43. The molecule has 1 N–H and O–H groups in total. The summed E-state index contributed by atoms with van der Waals surface area (Å²) in [6, 6.07) is 16.5. The van der Waals surface area contributed by atoms with Crippen LogP contribution < -0.4 is 4.72 Å². The predicted molar refractivity (Wildman–Crippen MR) is 94.1 cm³/mol. The average Bonchev–Trinajstić information content (AvgIpc) is 2.56. The molecule has 0 spiro atoms. The third-order valence-electron chi connectivity index (χ3n) is 3.81. The summed E-state index contributed by atoms with van der Waals surface area (Å²) in [6.45, 7) is 1.76. The van der Waals surface area contributed by atoms with Gasteiger partial charge in [-0.2, -0.15) is 0 Å². The van der Waals surface area contributed by atoms with E-state index in [2.05, 4.69) is 4.72 Å². The standard InChI is InChI=1S/C18H15ClFNO2S/c1-12(14-7-6-13-4-2-3-5-15(13)10-14)21-24(22,23)16-8-9-18(20)17(19)11-16/h2-12,21H,1H3/t12-/m0/s1. The highest BCUT2D eigenvalue weighted by atomic mass is 35.5. The van der Waals surface area contributed by atoms with Gasteiger partial charge in [0, 0.05) is 6.04 Å². The summed E-state index contributed by atoms with van der Waals surface area (Å²) >= 11 is 5.67. The molecular formula is C18H15ClFNO2S. The molecule has 0 amide bonds. The number of hydrogen-bond acceptors (Lipinski definition) is 2. The second-order valence-corrected chi connectivity index (χ2v) is 7.65. The molecule has 3 rings (SSSR count). The van der Waals surface area contributed by atoms with Gasteiger partial charge in [0.15, 0.2) is 0 Å². The van der Waals surface area contributed by atoms with Crippen LogP contribution in [0.5, 0.6) is 0 Å². The SMILES string of the molecule is C[C@H](NS(=O)(=O)c1ccc(F)c(Cl)c1)c1ccc2ccccc2c1. The van der Waals surface area contributed by atoms with Crippen molar-refractivity contribution in [2.45, 2.75) is 17.9 Å². The molecular weight excluding hydrogens is 349 g/mol. The van der Waals surface area contributed by atoms with Crippen molar-refractivity contribution in [1.82, 2.24) is 4.72 Å². The number of fused-ring (bicyclic) bond motifs is 1. The molecule has 24 heavy (non-hydrogen) atoms. The molecule has 3 nitrogen and oxygen atoms in total. The van der Waals surface area contributed by atoms with Crippen LogP contribution in [0.1, 0.15) is 18.5 Å². The van der Waals surface area contributed by atoms with E-state index in [1.165, 1.54) is 6.07 Å². The Morgan fingerprint density at radius 3 is 2.42 bits per heavy atom. The molecule has 0 aliphatic carbocycles. The number of benzene rings is 3. The van der Waals surface area contributed by atoms with Gasteiger partial charge in [0.1, 0.15) is 5.82 Å². The highest BCUT2D eigenvalue weighted by Crippen LogP contribution is 2.24. The number of nitrogens with one attached hydrogen (secondary N) is 1. The first-order chi connectivity index (χ1) is 11.4. The fourth-order valence-corrected chi connectivity index (χ4v) is 3.99. The molecule has 0 aliphatic heterocycles. The van der Waals surface area contributed by atoms with Crippen LogP contribution in [-0.2, 0) is 10.0 Å². The van der Waals surface area contributed by atoms with Gasteiger partial charge in [-0.25, -0.2) is 17.5 Å². The van der Waals surface area contributed by atoms with Gasteiger partial charge in [-0.15, -0.1) is 0 Å². The molecule has 0 bridgehead atoms. The largest absolute Gasteiger partial charge is 0.241 e. The summed E-state index contributed by atoms with van der Waals surface area (Å²) in [4.78, 5) is -0.0680. The maximum atomic E-state index is 13.2. The van der Waals surface area contributed by atoms with Crippen molar-refractivity contribution in [3.8, 4) is 0 Å². The van der Waals surface area contributed by atoms with E-state index in [0.29, 0.717) is 0 Å². The normalized spacial score (nSPS) is 13.1. The number of sulfonamides is 1. The maximum absolute atomic E-state index is 13.2. The number of hydrogen-bond donors (Lipinski definition) is 1. The van der Waals surface area contributed by atoms with Gasteiger partial charge in [-0.1, -0.05) is 48.0 Å².